The Morgan fingerprint density at radius 1 is 0.850 bits per heavy atom. The first-order chi connectivity index (χ1) is 18.3. The molecule has 3 N–H and O–H groups in total. The first-order valence-electron chi connectivity index (χ1n) is 13.7. The van der Waals surface area contributed by atoms with Gasteiger partial charge in [0.15, 0.2) is 11.2 Å². The molecule has 3 radical (unpaired) electrons. The molecule has 207 valence electrons. The van der Waals surface area contributed by atoms with Crippen LogP contribution >= 0.6 is 0 Å². The van der Waals surface area contributed by atoms with Gasteiger partial charge < -0.3 is 26.6 Å². The Hall–Kier alpha value is -2.01. The number of aliphatic hydroxyl groups is 1. The third kappa shape index (κ3) is 5.96. The van der Waals surface area contributed by atoms with Crippen LogP contribution in [0.4, 0.5) is 11.4 Å². The fourth-order valence-corrected chi connectivity index (χ4v) is 6.24. The van der Waals surface area contributed by atoms with Gasteiger partial charge in [-0.3, -0.25) is 14.4 Å². The van der Waals surface area contributed by atoms with E-state index in [1.807, 2.05) is 48.5 Å². The summed E-state index contributed by atoms with van der Waals surface area (Å²) in [4.78, 5) is 36.7. The molecule has 10 heteroatoms. The molecule has 2 aromatic rings. The number of nitrogens with one attached hydrogen (secondary N) is 2. The van der Waals surface area contributed by atoms with Crippen molar-refractivity contribution in [3.05, 3.63) is 59.7 Å². The summed E-state index contributed by atoms with van der Waals surface area (Å²) in [6, 6.07) is 15.0. The van der Waals surface area contributed by atoms with Gasteiger partial charge in [0.25, 0.3) is 11.8 Å². The van der Waals surface area contributed by atoms with E-state index >= 15 is 0 Å². The maximum absolute atomic E-state index is 12.4. The summed E-state index contributed by atoms with van der Waals surface area (Å²) >= 11 is 0. The van der Waals surface area contributed by atoms with Crippen LogP contribution in [0.3, 0.4) is 0 Å². The van der Waals surface area contributed by atoms with Gasteiger partial charge in [0.05, 0.1) is 18.3 Å². The van der Waals surface area contributed by atoms with E-state index in [2.05, 4.69) is 24.5 Å². The second-order valence-electron chi connectivity index (χ2n) is 10.7. The summed E-state index contributed by atoms with van der Waals surface area (Å²) in [6.07, 6.45) is 4.45. The van der Waals surface area contributed by atoms with Crippen LogP contribution in [0.1, 0.15) is 77.8 Å². The van der Waals surface area contributed by atoms with Crippen LogP contribution in [-0.4, -0.2) is 49.4 Å². The quantitative estimate of drug-likeness (QED) is 0.491. The van der Waals surface area contributed by atoms with Gasteiger partial charge in [-0.1, -0.05) is 63.1 Å². The third-order valence-electron chi connectivity index (χ3n) is 7.87. The molecule has 5 atom stereocenters. The van der Waals surface area contributed by atoms with Gasteiger partial charge >= 0.3 is 29.6 Å². The molecule has 2 fully saturated rings. The average Bonchev–Trinajstić information content (AvgIpc) is 3.29. The molecule has 4 heterocycles. The fourth-order valence-electron chi connectivity index (χ4n) is 6.24. The number of aliphatic hydroxyl groups excluding tert-OH is 1. The molecule has 0 aliphatic carbocycles. The molecule has 0 unspecified atom stereocenters. The van der Waals surface area contributed by atoms with E-state index in [0.29, 0.717) is 19.3 Å². The zero-order chi connectivity index (χ0) is 26.9. The molecule has 2 saturated heterocycles. The van der Waals surface area contributed by atoms with Crippen LogP contribution < -0.4 is 40.2 Å². The standard InChI is InChI=1S/C15H19NO3.C15H17NO3.B.Na.H/c2*1-2-5-11-8-10(17)9-15(19-11)12-6-3-4-7-13(12)16-14(15)18;;;/h3-4,6-7,10-11,17H,2,5,8-9H2,1H3,(H,16,18);3-4,6-7,11H,2,5,8-9H2,1H3,(H,16,18);;;/q;;;+1;-1/t10-,11-,15+;11-,15+;;;/m11.../s1. The largest absolute Gasteiger partial charge is 1.00 e. The van der Waals surface area contributed by atoms with Gasteiger partial charge in [0.1, 0.15) is 5.78 Å². The van der Waals surface area contributed by atoms with Crippen molar-refractivity contribution >= 4 is 37.4 Å². The van der Waals surface area contributed by atoms with Crippen molar-refractivity contribution in [3.8, 4) is 0 Å². The van der Waals surface area contributed by atoms with Gasteiger partial charge in [-0.15, -0.1) is 0 Å². The smallest absolute Gasteiger partial charge is 1.00 e. The van der Waals surface area contributed by atoms with E-state index in [0.717, 1.165) is 48.2 Å². The van der Waals surface area contributed by atoms with Crippen LogP contribution in [0, 0.1) is 0 Å². The van der Waals surface area contributed by atoms with Gasteiger partial charge in [-0.2, -0.15) is 0 Å². The summed E-state index contributed by atoms with van der Waals surface area (Å²) in [7, 11) is 0. The average molecular weight is 555 g/mol. The van der Waals surface area contributed by atoms with Gasteiger partial charge in [0, 0.05) is 50.2 Å². The SMILES string of the molecule is CCC[C@@H]1CC(=O)C[C@@]2(O1)C(=O)Nc1ccccc12.CCC[C@@H]1C[C@@H](O)C[C@@]2(O1)C(=O)Nc1ccccc12.[B].[H-].[Na+]. The molecule has 4 aliphatic rings. The predicted molar refractivity (Wildman–Crippen MR) is 149 cm³/mol. The normalized spacial score (nSPS) is 29.8. The number of anilines is 2. The monoisotopic (exact) mass is 555 g/mol. The number of carbonyl (C=O) groups is 3. The second-order valence-corrected chi connectivity index (χ2v) is 10.7. The van der Waals surface area contributed by atoms with Gasteiger partial charge in [-0.25, -0.2) is 0 Å². The summed E-state index contributed by atoms with van der Waals surface area (Å²) in [5.74, 6) is -0.243. The molecule has 6 rings (SSSR count). The van der Waals surface area contributed by atoms with E-state index in [4.69, 9.17) is 9.47 Å². The topological polar surface area (TPSA) is 114 Å². The third-order valence-corrected chi connectivity index (χ3v) is 7.87. The van der Waals surface area contributed by atoms with E-state index in [9.17, 15) is 19.5 Å². The van der Waals surface area contributed by atoms with E-state index in [1.54, 1.807) is 0 Å². The number of fused-ring (bicyclic) bond motifs is 4. The Morgan fingerprint density at radius 3 is 1.95 bits per heavy atom. The minimum Gasteiger partial charge on any atom is -1.00 e. The number of para-hydroxylation sites is 2. The zero-order valence-corrected chi connectivity index (χ0v) is 25.6. The Labute approximate surface area is 261 Å². The van der Waals surface area contributed by atoms with Crippen LogP contribution in [0.2, 0.25) is 0 Å². The number of hydrogen-bond acceptors (Lipinski definition) is 6. The minimum absolute atomic E-state index is 0. The number of hydrogen-bond donors (Lipinski definition) is 3. The van der Waals surface area contributed by atoms with Crippen LogP contribution in [-0.2, 0) is 35.1 Å². The van der Waals surface area contributed by atoms with Crippen molar-refractivity contribution in [2.75, 3.05) is 10.6 Å². The molecule has 2 aromatic carbocycles. The zero-order valence-electron chi connectivity index (χ0n) is 24.6. The molecule has 2 amide bonds. The summed E-state index contributed by atoms with van der Waals surface area (Å²) in [5.41, 5.74) is 1.14. The first-order valence-corrected chi connectivity index (χ1v) is 13.7. The predicted octanol–water partition coefficient (Wildman–Crippen LogP) is 1.29. The van der Waals surface area contributed by atoms with Gasteiger partial charge in [-0.05, 0) is 31.4 Å². The van der Waals surface area contributed by atoms with Crippen LogP contribution in [0.5, 0.6) is 0 Å². The molecule has 0 bridgehead atoms. The van der Waals surface area contributed by atoms with Crippen molar-refractivity contribution in [1.29, 1.82) is 0 Å². The minimum atomic E-state index is -1.09. The molecule has 4 aliphatic heterocycles. The van der Waals surface area contributed by atoms with E-state index in [-0.39, 0.29) is 75.6 Å². The number of benzene rings is 2. The molecular formula is C30H37BN2NaO6. The van der Waals surface area contributed by atoms with E-state index < -0.39 is 17.3 Å². The molecule has 0 saturated carbocycles. The number of ketones is 1. The van der Waals surface area contributed by atoms with Crippen LogP contribution in [0.25, 0.3) is 0 Å². The van der Waals surface area contributed by atoms with Crippen molar-refractivity contribution in [2.45, 2.75) is 94.7 Å². The summed E-state index contributed by atoms with van der Waals surface area (Å²) in [5, 5.41) is 15.8. The molecule has 40 heavy (non-hydrogen) atoms. The van der Waals surface area contributed by atoms with Crippen LogP contribution in [0.15, 0.2) is 48.5 Å². The van der Waals surface area contributed by atoms with E-state index in [1.165, 1.54) is 0 Å². The fraction of sp³-hybridized carbons (Fsp3) is 0.500. The Balaban J connectivity index is 0.000000267. The second kappa shape index (κ2) is 13.3. The van der Waals surface area contributed by atoms with Gasteiger partial charge in [0.2, 0.25) is 0 Å². The number of rotatable bonds is 4. The summed E-state index contributed by atoms with van der Waals surface area (Å²) < 4.78 is 12.2. The Kier molecular flexibility index (Phi) is 10.8. The maximum Gasteiger partial charge on any atom is 1.00 e. The number of Topliss-reactive ketones (excluding diaryl/α,β-unsaturated/α-hetero) is 1. The van der Waals surface area contributed by atoms with Crippen molar-refractivity contribution in [3.63, 3.8) is 0 Å². The molecule has 0 aromatic heterocycles. The maximum atomic E-state index is 12.4. The Morgan fingerprint density at radius 2 is 1.35 bits per heavy atom. The molecule has 2 spiro atoms. The Bertz CT molecular complexity index is 1250. The number of amides is 2. The van der Waals surface area contributed by atoms with Crippen molar-refractivity contribution in [1.82, 2.24) is 0 Å². The van der Waals surface area contributed by atoms with Crippen molar-refractivity contribution in [2.24, 2.45) is 0 Å². The number of carbonyl (C=O) groups excluding carboxylic acids is 3. The van der Waals surface area contributed by atoms with Crippen molar-refractivity contribution < 1.29 is 59.9 Å². The number of ether oxygens (including phenoxy) is 2. The molecule has 8 nitrogen and oxygen atoms in total. The molecular weight excluding hydrogens is 518 g/mol. The first kappa shape index (κ1) is 32.5. The summed E-state index contributed by atoms with van der Waals surface area (Å²) in [6.45, 7) is 4.14.